The van der Waals surface area contributed by atoms with Crippen molar-refractivity contribution in [2.24, 2.45) is 11.8 Å². The third kappa shape index (κ3) is 3.28. The molecule has 2 unspecified atom stereocenters. The number of nitrogens with two attached hydrogens (primary N) is 1. The van der Waals surface area contributed by atoms with Crippen molar-refractivity contribution in [2.45, 2.75) is 77.5 Å². The lowest BCUT2D eigenvalue weighted by Crippen LogP contribution is -2.41. The molecule has 0 amide bonds. The van der Waals surface area contributed by atoms with Crippen LogP contribution in [0.3, 0.4) is 0 Å². The Hall–Kier alpha value is -0.560. The molecule has 1 aromatic rings. The molecule has 5 nitrogen and oxygen atoms in total. The first kappa shape index (κ1) is 16.8. The van der Waals surface area contributed by atoms with Gasteiger partial charge in [-0.2, -0.15) is 0 Å². The van der Waals surface area contributed by atoms with E-state index in [-0.39, 0.29) is 28.6 Å². The molecule has 1 fully saturated rings. The number of hydrazine groups is 1. The lowest BCUT2D eigenvalue weighted by molar-refractivity contribution is -0.0778. The number of hydrogen-bond acceptors (Lipinski definition) is 6. The van der Waals surface area contributed by atoms with Gasteiger partial charge >= 0.3 is 0 Å². The number of ether oxygens (including phenoxy) is 1. The molecule has 1 aliphatic rings. The maximum Gasteiger partial charge on any atom is 0.0857 e. The van der Waals surface area contributed by atoms with Gasteiger partial charge in [-0.1, -0.05) is 25.3 Å². The highest BCUT2D eigenvalue weighted by Gasteiger charge is 2.50. The molecule has 0 bridgehead atoms. The topological polar surface area (TPSA) is 73.1 Å². The minimum absolute atomic E-state index is 0.0102. The molecule has 0 saturated carbocycles. The van der Waals surface area contributed by atoms with Crippen LogP contribution in [0.15, 0.2) is 0 Å². The summed E-state index contributed by atoms with van der Waals surface area (Å²) in [6, 6.07) is 0.0102. The van der Waals surface area contributed by atoms with Gasteiger partial charge in [0, 0.05) is 11.3 Å². The first-order valence-electron chi connectivity index (χ1n) is 7.47. The van der Waals surface area contributed by atoms with Gasteiger partial charge in [0.2, 0.25) is 0 Å². The Morgan fingerprint density at radius 2 is 1.95 bits per heavy atom. The Balaban J connectivity index is 2.40. The van der Waals surface area contributed by atoms with Gasteiger partial charge < -0.3 is 4.74 Å². The molecule has 0 radical (unpaired) electrons. The normalized spacial score (nSPS) is 26.0. The number of rotatable bonds is 3. The molecule has 1 saturated heterocycles. The lowest BCUT2D eigenvalue weighted by Gasteiger charge is -2.33. The molecule has 0 aromatic carbocycles. The van der Waals surface area contributed by atoms with E-state index in [0.717, 1.165) is 17.0 Å². The second-order valence-corrected chi connectivity index (χ2v) is 8.94. The summed E-state index contributed by atoms with van der Waals surface area (Å²) in [4.78, 5) is 1.13. The van der Waals surface area contributed by atoms with Gasteiger partial charge in [-0.05, 0) is 45.6 Å². The fourth-order valence-electron chi connectivity index (χ4n) is 3.42. The van der Waals surface area contributed by atoms with Crippen LogP contribution in [0, 0.1) is 5.92 Å². The van der Waals surface area contributed by atoms with Crippen LogP contribution in [0.4, 0.5) is 0 Å². The molecule has 1 aliphatic heterocycles. The zero-order valence-electron chi connectivity index (χ0n) is 14.2. The zero-order chi connectivity index (χ0) is 16.1. The molecule has 6 heteroatoms. The predicted octanol–water partition coefficient (Wildman–Crippen LogP) is 2.93. The van der Waals surface area contributed by atoms with E-state index in [0.29, 0.717) is 0 Å². The van der Waals surface area contributed by atoms with E-state index in [1.54, 1.807) is 0 Å². The summed E-state index contributed by atoms with van der Waals surface area (Å²) in [6.45, 7) is 15.0. The third-order valence-electron chi connectivity index (χ3n) is 4.23. The van der Waals surface area contributed by atoms with Crippen molar-refractivity contribution >= 4 is 11.5 Å². The van der Waals surface area contributed by atoms with Gasteiger partial charge in [0.1, 0.15) is 0 Å². The minimum atomic E-state index is -0.236. The van der Waals surface area contributed by atoms with E-state index in [9.17, 15) is 0 Å². The van der Waals surface area contributed by atoms with Gasteiger partial charge in [0.15, 0.2) is 0 Å². The molecule has 0 spiro atoms. The first-order valence-corrected chi connectivity index (χ1v) is 8.24. The van der Waals surface area contributed by atoms with E-state index in [1.807, 2.05) is 0 Å². The van der Waals surface area contributed by atoms with E-state index < -0.39 is 0 Å². The summed E-state index contributed by atoms with van der Waals surface area (Å²) in [5.74, 6) is 6.19. The Labute approximate surface area is 131 Å². The Morgan fingerprint density at radius 1 is 1.33 bits per heavy atom. The average molecular weight is 312 g/mol. The SMILES string of the molecule is CC1(C)CC(C(NN)c2snnc2C(C)(C)C)C(C)(C)O1. The molecular formula is C15H28N4OS. The van der Waals surface area contributed by atoms with Gasteiger partial charge in [-0.15, -0.1) is 5.10 Å². The van der Waals surface area contributed by atoms with Crippen LogP contribution in [-0.4, -0.2) is 20.8 Å². The number of nitrogens with zero attached hydrogens (tertiary/aromatic N) is 2. The monoisotopic (exact) mass is 312 g/mol. The molecule has 2 atom stereocenters. The van der Waals surface area contributed by atoms with E-state index in [1.165, 1.54) is 11.5 Å². The summed E-state index contributed by atoms with van der Waals surface area (Å²) < 4.78 is 10.4. The van der Waals surface area contributed by atoms with Crippen molar-refractivity contribution in [3.63, 3.8) is 0 Å². The second-order valence-electron chi connectivity index (χ2n) is 8.16. The number of nitrogens with one attached hydrogen (secondary N) is 1. The molecule has 2 heterocycles. The highest BCUT2D eigenvalue weighted by molar-refractivity contribution is 7.05. The van der Waals surface area contributed by atoms with Crippen molar-refractivity contribution in [1.29, 1.82) is 0 Å². The molecule has 1 aromatic heterocycles. The third-order valence-corrected chi connectivity index (χ3v) is 5.04. The van der Waals surface area contributed by atoms with Crippen LogP contribution in [0.1, 0.15) is 71.5 Å². The molecular weight excluding hydrogens is 284 g/mol. The van der Waals surface area contributed by atoms with Gasteiger partial charge in [0.25, 0.3) is 0 Å². The largest absolute Gasteiger partial charge is 0.369 e. The summed E-state index contributed by atoms with van der Waals surface area (Å²) in [6.07, 6.45) is 0.955. The van der Waals surface area contributed by atoms with Crippen molar-refractivity contribution in [2.75, 3.05) is 0 Å². The second kappa shape index (κ2) is 5.26. The maximum absolute atomic E-state index is 6.22. The van der Waals surface area contributed by atoms with Crippen molar-refractivity contribution in [1.82, 2.24) is 15.0 Å². The summed E-state index contributed by atoms with van der Waals surface area (Å²) >= 11 is 1.44. The standard InChI is InChI=1S/C15H28N4OS/c1-13(2,3)12-11(21-19-18-12)10(17-16)9-8-14(4,5)20-15(9,6)7/h9-10,17H,8,16H2,1-7H3. The van der Waals surface area contributed by atoms with Gasteiger partial charge in [0.05, 0.1) is 27.8 Å². The molecule has 3 N–H and O–H groups in total. The van der Waals surface area contributed by atoms with E-state index >= 15 is 0 Å². The van der Waals surface area contributed by atoms with Gasteiger partial charge in [-0.25, -0.2) is 0 Å². The van der Waals surface area contributed by atoms with Crippen LogP contribution in [0.5, 0.6) is 0 Å². The van der Waals surface area contributed by atoms with Crippen LogP contribution in [0.25, 0.3) is 0 Å². The van der Waals surface area contributed by atoms with Crippen LogP contribution in [0.2, 0.25) is 0 Å². The molecule has 0 aliphatic carbocycles. The smallest absolute Gasteiger partial charge is 0.0857 e. The fraction of sp³-hybridized carbons (Fsp3) is 0.867. The average Bonchev–Trinajstić information content (AvgIpc) is 2.82. The molecule has 21 heavy (non-hydrogen) atoms. The minimum Gasteiger partial charge on any atom is -0.369 e. The van der Waals surface area contributed by atoms with Gasteiger partial charge in [-0.3, -0.25) is 11.3 Å². The number of aromatic nitrogens is 2. The predicted molar refractivity (Wildman–Crippen MR) is 86.0 cm³/mol. The first-order chi connectivity index (χ1) is 9.48. The van der Waals surface area contributed by atoms with E-state index in [4.69, 9.17) is 10.6 Å². The van der Waals surface area contributed by atoms with Crippen LogP contribution >= 0.6 is 11.5 Å². The zero-order valence-corrected chi connectivity index (χ0v) is 15.0. The van der Waals surface area contributed by atoms with Crippen molar-refractivity contribution in [3.8, 4) is 0 Å². The quantitative estimate of drug-likeness (QED) is 0.663. The molecule has 2 rings (SSSR count). The van der Waals surface area contributed by atoms with Crippen LogP contribution in [-0.2, 0) is 10.2 Å². The summed E-state index contributed by atoms with van der Waals surface area (Å²) in [7, 11) is 0. The van der Waals surface area contributed by atoms with Crippen molar-refractivity contribution in [3.05, 3.63) is 10.6 Å². The lowest BCUT2D eigenvalue weighted by atomic mass is 9.79. The summed E-state index contributed by atoms with van der Waals surface area (Å²) in [5, 5.41) is 4.34. The Kier molecular flexibility index (Phi) is 4.21. The molecule has 120 valence electrons. The van der Waals surface area contributed by atoms with Crippen molar-refractivity contribution < 1.29 is 4.74 Å². The van der Waals surface area contributed by atoms with E-state index in [2.05, 4.69) is 63.5 Å². The van der Waals surface area contributed by atoms with Crippen LogP contribution < -0.4 is 11.3 Å². The Bertz CT molecular complexity index is 504. The highest BCUT2D eigenvalue weighted by Crippen LogP contribution is 2.49. The Morgan fingerprint density at radius 3 is 2.38 bits per heavy atom. The maximum atomic E-state index is 6.22. The highest BCUT2D eigenvalue weighted by atomic mass is 32.1. The number of hydrogen-bond donors (Lipinski definition) is 2. The fourth-order valence-corrected chi connectivity index (χ4v) is 4.41. The summed E-state index contributed by atoms with van der Waals surface area (Å²) in [5.41, 5.74) is 3.61.